The van der Waals surface area contributed by atoms with Crippen LogP contribution in [-0.4, -0.2) is 54.9 Å². The molecule has 0 radical (unpaired) electrons. The third kappa shape index (κ3) is 3.09. The Labute approximate surface area is 143 Å². The summed E-state index contributed by atoms with van der Waals surface area (Å²) in [6.07, 6.45) is 2.47. The molecule has 3 heterocycles. The minimum absolute atomic E-state index is 0.0954. The molecule has 8 heteroatoms. The predicted octanol–water partition coefficient (Wildman–Crippen LogP) is 1.56. The molecule has 0 aliphatic carbocycles. The number of hydrogen-bond donors (Lipinski definition) is 0. The fourth-order valence-corrected chi connectivity index (χ4v) is 5.54. The molecule has 0 aromatic carbocycles. The number of sulfonamides is 1. The number of carbonyl (C=O) groups excluding carboxylic acids is 1. The van der Waals surface area contributed by atoms with Gasteiger partial charge < -0.3 is 9.42 Å². The standard InChI is InChI=1S/C16H25N3O4S/c1-11-6-8-18(9-11)16(20)14-5-4-7-19(10-14)24(21,22)15-12(2)17-23-13(15)3/h11,14H,4-10H2,1-3H3/t11-,14+/m0/s1. The number of rotatable bonds is 3. The van der Waals surface area contributed by atoms with Gasteiger partial charge in [0.1, 0.15) is 10.6 Å². The third-order valence-corrected chi connectivity index (χ3v) is 7.14. The summed E-state index contributed by atoms with van der Waals surface area (Å²) >= 11 is 0. The zero-order chi connectivity index (χ0) is 17.5. The Morgan fingerprint density at radius 2 is 1.96 bits per heavy atom. The van der Waals surface area contributed by atoms with Gasteiger partial charge in [0.15, 0.2) is 5.76 Å². The summed E-state index contributed by atoms with van der Waals surface area (Å²) in [5, 5.41) is 3.75. The molecule has 0 unspecified atom stereocenters. The molecule has 1 amide bonds. The zero-order valence-corrected chi connectivity index (χ0v) is 15.3. The van der Waals surface area contributed by atoms with Gasteiger partial charge in [-0.05, 0) is 39.0 Å². The number of aromatic nitrogens is 1. The van der Waals surface area contributed by atoms with E-state index >= 15 is 0 Å². The molecule has 134 valence electrons. The molecule has 0 bridgehead atoms. The first-order valence-electron chi connectivity index (χ1n) is 8.52. The van der Waals surface area contributed by atoms with Gasteiger partial charge in [-0.15, -0.1) is 0 Å². The first-order valence-corrected chi connectivity index (χ1v) is 9.96. The van der Waals surface area contributed by atoms with Gasteiger partial charge in [0.05, 0.1) is 5.92 Å². The number of hydrogen-bond acceptors (Lipinski definition) is 5. The molecule has 0 spiro atoms. The van der Waals surface area contributed by atoms with Gasteiger partial charge in [-0.1, -0.05) is 12.1 Å². The van der Waals surface area contributed by atoms with E-state index in [-0.39, 0.29) is 23.3 Å². The van der Waals surface area contributed by atoms with E-state index in [1.54, 1.807) is 13.8 Å². The van der Waals surface area contributed by atoms with Crippen LogP contribution in [0.5, 0.6) is 0 Å². The van der Waals surface area contributed by atoms with Gasteiger partial charge in [0, 0.05) is 26.2 Å². The summed E-state index contributed by atoms with van der Waals surface area (Å²) < 4.78 is 32.3. The fraction of sp³-hybridized carbons (Fsp3) is 0.750. The Balaban J connectivity index is 1.77. The lowest BCUT2D eigenvalue weighted by atomic mass is 9.98. The van der Waals surface area contributed by atoms with E-state index in [0.29, 0.717) is 30.3 Å². The topological polar surface area (TPSA) is 83.7 Å². The minimum atomic E-state index is -3.67. The van der Waals surface area contributed by atoms with Gasteiger partial charge in [-0.25, -0.2) is 8.42 Å². The van der Waals surface area contributed by atoms with Crippen LogP contribution in [0.4, 0.5) is 0 Å². The summed E-state index contributed by atoms with van der Waals surface area (Å²) in [6.45, 7) is 7.62. The van der Waals surface area contributed by atoms with Crippen molar-refractivity contribution in [1.29, 1.82) is 0 Å². The van der Waals surface area contributed by atoms with Gasteiger partial charge in [0.2, 0.25) is 15.9 Å². The van der Waals surface area contributed by atoms with Crippen molar-refractivity contribution in [1.82, 2.24) is 14.4 Å². The summed E-state index contributed by atoms with van der Waals surface area (Å²) in [5.41, 5.74) is 0.370. The van der Waals surface area contributed by atoms with E-state index < -0.39 is 10.0 Å². The predicted molar refractivity (Wildman–Crippen MR) is 87.8 cm³/mol. The number of aryl methyl sites for hydroxylation is 2. The molecule has 2 fully saturated rings. The van der Waals surface area contributed by atoms with Crippen LogP contribution in [0.1, 0.15) is 37.6 Å². The normalized spacial score (nSPS) is 26.0. The second-order valence-electron chi connectivity index (χ2n) is 7.03. The zero-order valence-electron chi connectivity index (χ0n) is 14.5. The second-order valence-corrected chi connectivity index (χ2v) is 8.91. The lowest BCUT2D eigenvalue weighted by molar-refractivity contribution is -0.135. The van der Waals surface area contributed by atoms with Crippen LogP contribution in [-0.2, 0) is 14.8 Å². The van der Waals surface area contributed by atoms with Crippen LogP contribution in [0.15, 0.2) is 9.42 Å². The number of nitrogens with zero attached hydrogens (tertiary/aromatic N) is 3. The summed E-state index contributed by atoms with van der Waals surface area (Å²) in [5.74, 6) is 0.673. The summed E-state index contributed by atoms with van der Waals surface area (Å²) in [4.78, 5) is 14.7. The van der Waals surface area contributed by atoms with E-state index in [0.717, 1.165) is 25.9 Å². The maximum atomic E-state index is 12.9. The number of likely N-dealkylation sites (tertiary alicyclic amines) is 1. The van der Waals surface area contributed by atoms with E-state index in [2.05, 4.69) is 12.1 Å². The highest BCUT2D eigenvalue weighted by Gasteiger charge is 2.38. The summed E-state index contributed by atoms with van der Waals surface area (Å²) in [6, 6.07) is 0. The molecule has 2 aliphatic heterocycles. The molecule has 1 aromatic rings. The average Bonchev–Trinajstić information content (AvgIpc) is 3.12. The minimum Gasteiger partial charge on any atom is -0.360 e. The van der Waals surface area contributed by atoms with Crippen molar-refractivity contribution < 1.29 is 17.7 Å². The van der Waals surface area contributed by atoms with Gasteiger partial charge in [-0.3, -0.25) is 4.79 Å². The largest absolute Gasteiger partial charge is 0.360 e. The van der Waals surface area contributed by atoms with Gasteiger partial charge >= 0.3 is 0 Å². The number of carbonyl (C=O) groups is 1. The molecule has 2 saturated heterocycles. The third-order valence-electron chi connectivity index (χ3n) is 5.03. The first-order chi connectivity index (χ1) is 11.3. The quantitative estimate of drug-likeness (QED) is 0.821. The maximum absolute atomic E-state index is 12.9. The van der Waals surface area contributed by atoms with Crippen molar-refractivity contribution in [2.24, 2.45) is 11.8 Å². The van der Waals surface area contributed by atoms with Gasteiger partial charge in [0.25, 0.3) is 0 Å². The van der Waals surface area contributed by atoms with Crippen LogP contribution in [0.3, 0.4) is 0 Å². The molecule has 2 aliphatic rings. The molecular formula is C16H25N3O4S. The highest BCUT2D eigenvalue weighted by molar-refractivity contribution is 7.89. The molecule has 0 saturated carbocycles. The second kappa shape index (κ2) is 6.48. The van der Waals surface area contributed by atoms with Crippen molar-refractivity contribution in [2.45, 2.75) is 44.9 Å². The van der Waals surface area contributed by atoms with Crippen LogP contribution >= 0.6 is 0 Å². The Hall–Kier alpha value is -1.41. The smallest absolute Gasteiger partial charge is 0.248 e. The highest BCUT2D eigenvalue weighted by Crippen LogP contribution is 2.29. The Morgan fingerprint density at radius 1 is 1.21 bits per heavy atom. The highest BCUT2D eigenvalue weighted by atomic mass is 32.2. The molecule has 1 aromatic heterocycles. The van der Waals surface area contributed by atoms with Crippen molar-refractivity contribution >= 4 is 15.9 Å². The molecule has 7 nitrogen and oxygen atoms in total. The summed E-state index contributed by atoms with van der Waals surface area (Å²) in [7, 11) is -3.67. The van der Waals surface area contributed by atoms with E-state index in [1.807, 2.05) is 4.90 Å². The van der Waals surface area contributed by atoms with Crippen molar-refractivity contribution in [2.75, 3.05) is 26.2 Å². The molecule has 3 rings (SSSR count). The lowest BCUT2D eigenvalue weighted by Gasteiger charge is -2.33. The Morgan fingerprint density at radius 3 is 2.54 bits per heavy atom. The van der Waals surface area contributed by atoms with E-state index in [9.17, 15) is 13.2 Å². The molecular weight excluding hydrogens is 330 g/mol. The van der Waals surface area contributed by atoms with Crippen LogP contribution in [0.2, 0.25) is 0 Å². The van der Waals surface area contributed by atoms with Crippen LogP contribution in [0, 0.1) is 25.7 Å². The fourth-order valence-electron chi connectivity index (χ4n) is 3.73. The maximum Gasteiger partial charge on any atom is 0.248 e. The van der Waals surface area contributed by atoms with E-state index in [4.69, 9.17) is 4.52 Å². The van der Waals surface area contributed by atoms with Crippen molar-refractivity contribution in [3.05, 3.63) is 11.5 Å². The lowest BCUT2D eigenvalue weighted by Crippen LogP contribution is -2.46. The Bertz CT molecular complexity index is 708. The van der Waals surface area contributed by atoms with Crippen LogP contribution in [0.25, 0.3) is 0 Å². The number of piperidine rings is 1. The molecule has 0 N–H and O–H groups in total. The van der Waals surface area contributed by atoms with Gasteiger partial charge in [-0.2, -0.15) is 4.31 Å². The Kier molecular flexibility index (Phi) is 4.70. The van der Waals surface area contributed by atoms with Crippen LogP contribution < -0.4 is 0 Å². The number of amides is 1. The van der Waals surface area contributed by atoms with Crippen molar-refractivity contribution in [3.8, 4) is 0 Å². The van der Waals surface area contributed by atoms with E-state index in [1.165, 1.54) is 4.31 Å². The average molecular weight is 355 g/mol. The first kappa shape index (κ1) is 17.4. The SMILES string of the molecule is Cc1noc(C)c1S(=O)(=O)N1CCC[C@@H](C(=O)N2CC[C@H](C)C2)C1. The van der Waals surface area contributed by atoms with Crippen molar-refractivity contribution in [3.63, 3.8) is 0 Å². The monoisotopic (exact) mass is 355 g/mol. The molecule has 24 heavy (non-hydrogen) atoms. The molecule has 2 atom stereocenters.